The number of carbonyl (C=O) groups is 1. The molecule has 1 aliphatic rings. The van der Waals surface area contributed by atoms with E-state index in [4.69, 9.17) is 0 Å². The van der Waals surface area contributed by atoms with Crippen LogP contribution in [0.3, 0.4) is 0 Å². The highest BCUT2D eigenvalue weighted by Gasteiger charge is 2.16. The summed E-state index contributed by atoms with van der Waals surface area (Å²) in [5.41, 5.74) is 4.73. The zero-order valence-electron chi connectivity index (χ0n) is 10.3. The molecule has 1 aromatic carbocycles. The van der Waals surface area contributed by atoms with Gasteiger partial charge in [-0.2, -0.15) is 0 Å². The maximum Gasteiger partial charge on any atom is 0.234 e. The van der Waals surface area contributed by atoms with Crippen LogP contribution in [0.2, 0.25) is 0 Å². The van der Waals surface area contributed by atoms with E-state index in [1.807, 2.05) is 29.1 Å². The third-order valence-corrected chi connectivity index (χ3v) is 4.57. The highest BCUT2D eigenvalue weighted by atomic mass is 32.2. The second-order valence-electron chi connectivity index (χ2n) is 4.33. The number of thioether (sulfide) groups is 1. The number of carbonyl (C=O) groups excluding carboxylic acids is 1. The van der Waals surface area contributed by atoms with Crippen molar-refractivity contribution in [2.75, 3.05) is 16.4 Å². The molecule has 3 rings (SSSR count). The van der Waals surface area contributed by atoms with Crippen LogP contribution in [-0.2, 0) is 4.79 Å². The maximum atomic E-state index is 11.4. The van der Waals surface area contributed by atoms with E-state index in [0.29, 0.717) is 5.75 Å². The molecule has 1 amide bonds. The molecule has 0 saturated heterocycles. The number of thiazole rings is 1. The number of benzene rings is 1. The van der Waals surface area contributed by atoms with E-state index in [2.05, 4.69) is 22.5 Å². The van der Waals surface area contributed by atoms with Crippen LogP contribution in [0, 0.1) is 0 Å². The Morgan fingerprint density at radius 3 is 3.16 bits per heavy atom. The van der Waals surface area contributed by atoms with Gasteiger partial charge < -0.3 is 10.6 Å². The van der Waals surface area contributed by atoms with Gasteiger partial charge in [-0.3, -0.25) is 4.79 Å². The molecule has 2 heterocycles. The number of rotatable bonds is 3. The minimum absolute atomic E-state index is 0.0576. The largest absolute Gasteiger partial charge is 0.377 e. The van der Waals surface area contributed by atoms with Crippen molar-refractivity contribution in [1.29, 1.82) is 0 Å². The fourth-order valence-electron chi connectivity index (χ4n) is 1.93. The Bertz CT molecular complexity index is 598. The summed E-state index contributed by atoms with van der Waals surface area (Å²) in [5, 5.41) is 8.32. The summed E-state index contributed by atoms with van der Waals surface area (Å²) in [6, 6.07) is 6.19. The number of aromatic nitrogens is 1. The number of nitrogens with one attached hydrogen (secondary N) is 2. The lowest BCUT2D eigenvalue weighted by molar-refractivity contribution is -0.113. The summed E-state index contributed by atoms with van der Waals surface area (Å²) >= 11 is 3.16. The second kappa shape index (κ2) is 5.22. The summed E-state index contributed by atoms with van der Waals surface area (Å²) < 4.78 is 0. The van der Waals surface area contributed by atoms with Gasteiger partial charge in [-0.05, 0) is 25.1 Å². The van der Waals surface area contributed by atoms with Crippen LogP contribution in [0.25, 0.3) is 0 Å². The fourth-order valence-corrected chi connectivity index (χ4v) is 3.37. The molecular formula is C13H13N3OS2. The van der Waals surface area contributed by atoms with Crippen LogP contribution in [0.4, 0.5) is 11.4 Å². The van der Waals surface area contributed by atoms with Crippen molar-refractivity contribution < 1.29 is 4.79 Å². The van der Waals surface area contributed by atoms with E-state index in [-0.39, 0.29) is 11.9 Å². The van der Waals surface area contributed by atoms with E-state index in [1.54, 1.807) is 23.1 Å². The Morgan fingerprint density at radius 1 is 1.47 bits per heavy atom. The fraction of sp³-hybridized carbons (Fsp3) is 0.231. The van der Waals surface area contributed by atoms with Crippen molar-refractivity contribution in [3.05, 3.63) is 34.8 Å². The van der Waals surface area contributed by atoms with Crippen molar-refractivity contribution in [2.24, 2.45) is 0 Å². The van der Waals surface area contributed by atoms with Crippen molar-refractivity contribution in [3.63, 3.8) is 0 Å². The third-order valence-electron chi connectivity index (χ3n) is 2.89. The van der Waals surface area contributed by atoms with Crippen LogP contribution in [0.15, 0.2) is 34.0 Å². The zero-order valence-corrected chi connectivity index (χ0v) is 12.0. The highest BCUT2D eigenvalue weighted by molar-refractivity contribution is 8.00. The minimum Gasteiger partial charge on any atom is -0.377 e. The average molecular weight is 291 g/mol. The molecule has 4 nitrogen and oxygen atoms in total. The SMILES string of the molecule is CC(Nc1ccc2c(c1)NC(=O)CS2)c1cscn1. The summed E-state index contributed by atoms with van der Waals surface area (Å²) in [5.74, 6) is 0.553. The molecule has 0 spiro atoms. The molecule has 0 aliphatic carbocycles. The molecule has 0 saturated carbocycles. The summed E-state index contributed by atoms with van der Waals surface area (Å²) in [7, 11) is 0. The molecule has 2 aromatic rings. The lowest BCUT2D eigenvalue weighted by Crippen LogP contribution is -2.18. The van der Waals surface area contributed by atoms with E-state index in [1.165, 1.54) is 0 Å². The van der Waals surface area contributed by atoms with Gasteiger partial charge in [-0.15, -0.1) is 23.1 Å². The first kappa shape index (κ1) is 12.5. The van der Waals surface area contributed by atoms with Gasteiger partial charge in [0.25, 0.3) is 0 Å². The van der Waals surface area contributed by atoms with Gasteiger partial charge in [0, 0.05) is 16.0 Å². The molecule has 98 valence electrons. The average Bonchev–Trinajstić information content (AvgIpc) is 2.92. The van der Waals surface area contributed by atoms with Crippen LogP contribution in [0.1, 0.15) is 18.7 Å². The second-order valence-corrected chi connectivity index (χ2v) is 6.06. The standard InChI is InChI=1S/C13H13N3OS2/c1-8(11-5-18-7-14-11)15-9-2-3-12-10(4-9)16-13(17)6-19-12/h2-5,7-8,15H,6H2,1H3,(H,16,17). The van der Waals surface area contributed by atoms with Crippen LogP contribution in [0.5, 0.6) is 0 Å². The van der Waals surface area contributed by atoms with Crippen molar-refractivity contribution >= 4 is 40.4 Å². The lowest BCUT2D eigenvalue weighted by Gasteiger charge is -2.19. The number of hydrogen-bond acceptors (Lipinski definition) is 5. The number of nitrogens with zero attached hydrogens (tertiary/aromatic N) is 1. The molecule has 2 N–H and O–H groups in total. The smallest absolute Gasteiger partial charge is 0.234 e. The first-order valence-corrected chi connectivity index (χ1v) is 7.86. The molecule has 1 atom stereocenters. The first-order valence-electron chi connectivity index (χ1n) is 5.94. The van der Waals surface area contributed by atoms with E-state index >= 15 is 0 Å². The molecule has 19 heavy (non-hydrogen) atoms. The predicted molar refractivity (Wildman–Crippen MR) is 79.9 cm³/mol. The van der Waals surface area contributed by atoms with Crippen LogP contribution < -0.4 is 10.6 Å². The number of fused-ring (bicyclic) bond motifs is 1. The number of hydrogen-bond donors (Lipinski definition) is 2. The van der Waals surface area contributed by atoms with Gasteiger partial charge >= 0.3 is 0 Å². The van der Waals surface area contributed by atoms with Crippen molar-refractivity contribution in [1.82, 2.24) is 4.98 Å². The van der Waals surface area contributed by atoms with Gasteiger partial charge in [-0.25, -0.2) is 4.98 Å². The molecule has 0 bridgehead atoms. The Balaban J connectivity index is 1.79. The topological polar surface area (TPSA) is 54.0 Å². The van der Waals surface area contributed by atoms with E-state index < -0.39 is 0 Å². The van der Waals surface area contributed by atoms with E-state index in [0.717, 1.165) is 22.0 Å². The quantitative estimate of drug-likeness (QED) is 0.910. The van der Waals surface area contributed by atoms with Crippen LogP contribution >= 0.6 is 23.1 Å². The van der Waals surface area contributed by atoms with Gasteiger partial charge in [0.2, 0.25) is 5.91 Å². The van der Waals surface area contributed by atoms with Crippen LogP contribution in [-0.4, -0.2) is 16.6 Å². The Hall–Kier alpha value is -1.53. The molecular weight excluding hydrogens is 278 g/mol. The predicted octanol–water partition coefficient (Wildman–Crippen LogP) is 3.36. The van der Waals surface area contributed by atoms with Gasteiger partial charge in [-0.1, -0.05) is 0 Å². The zero-order chi connectivity index (χ0) is 13.2. The highest BCUT2D eigenvalue weighted by Crippen LogP contribution is 2.34. The van der Waals surface area contributed by atoms with Gasteiger partial charge in [0.15, 0.2) is 0 Å². The lowest BCUT2D eigenvalue weighted by atomic mass is 10.2. The molecule has 1 aromatic heterocycles. The summed E-state index contributed by atoms with van der Waals surface area (Å²) in [6.45, 7) is 2.07. The summed E-state index contributed by atoms with van der Waals surface area (Å²) in [6.07, 6.45) is 0. The van der Waals surface area contributed by atoms with Crippen molar-refractivity contribution in [3.8, 4) is 0 Å². The molecule has 1 aliphatic heterocycles. The third kappa shape index (κ3) is 2.74. The Labute approximate surface area is 119 Å². The maximum absolute atomic E-state index is 11.4. The molecule has 0 radical (unpaired) electrons. The van der Waals surface area contributed by atoms with Crippen molar-refractivity contribution in [2.45, 2.75) is 17.9 Å². The minimum atomic E-state index is 0.0576. The number of anilines is 2. The summed E-state index contributed by atoms with van der Waals surface area (Å²) in [4.78, 5) is 16.8. The normalized spacial score (nSPS) is 15.5. The van der Waals surface area contributed by atoms with E-state index in [9.17, 15) is 4.79 Å². The first-order chi connectivity index (χ1) is 9.22. The van der Waals surface area contributed by atoms with Gasteiger partial charge in [0.05, 0.1) is 28.7 Å². The number of amides is 1. The Morgan fingerprint density at radius 2 is 2.37 bits per heavy atom. The monoisotopic (exact) mass is 291 g/mol. The van der Waals surface area contributed by atoms with Gasteiger partial charge in [0.1, 0.15) is 0 Å². The molecule has 1 unspecified atom stereocenters. The molecule has 6 heteroatoms. The Kier molecular flexibility index (Phi) is 3.44. The molecule has 0 fully saturated rings.